The number of hydrogen-bond acceptors (Lipinski definition) is 5. The van der Waals surface area contributed by atoms with Crippen molar-refractivity contribution in [1.82, 2.24) is 4.90 Å². The fraction of sp³-hybridized carbons (Fsp3) is 0.500. The average molecular weight is 407 g/mol. The normalized spacial score (nSPS) is 29.4. The summed E-state index contributed by atoms with van der Waals surface area (Å²) < 4.78 is 70.9. The number of carbonyl (C=O) groups excluding carboxylic acids is 1. The van der Waals surface area contributed by atoms with Gasteiger partial charge in [0.15, 0.2) is 15.1 Å². The van der Waals surface area contributed by atoms with E-state index < -0.39 is 63.5 Å². The summed E-state index contributed by atoms with van der Waals surface area (Å²) in [6, 6.07) is 8.45. The second kappa shape index (κ2) is 6.39. The maximum atomic E-state index is 13.7. The Morgan fingerprint density at radius 1 is 1.26 bits per heavy atom. The number of fused-ring (bicyclic) bond motifs is 1. The Bertz CT molecular complexity index is 857. The lowest BCUT2D eigenvalue weighted by atomic mass is 9.81. The molecule has 3 rings (SSSR count). The van der Waals surface area contributed by atoms with E-state index >= 15 is 0 Å². The van der Waals surface area contributed by atoms with Crippen LogP contribution >= 0.6 is 0 Å². The number of likely N-dealkylation sites (tertiary alicyclic amines) is 1. The summed E-state index contributed by atoms with van der Waals surface area (Å²) in [7, 11) is -4.61. The number of aliphatic carboxylic acids is 1. The molecule has 1 aromatic rings. The quantitative estimate of drug-likeness (QED) is 0.821. The third-order valence-electron chi connectivity index (χ3n) is 5.12. The van der Waals surface area contributed by atoms with Gasteiger partial charge in [0.05, 0.1) is 5.25 Å². The summed E-state index contributed by atoms with van der Waals surface area (Å²) in [6.07, 6.45) is -7.16. The molecule has 0 aliphatic carbocycles. The maximum absolute atomic E-state index is 13.7. The number of benzene rings is 1. The predicted molar refractivity (Wildman–Crippen MR) is 85.4 cm³/mol. The van der Waals surface area contributed by atoms with Gasteiger partial charge in [0.1, 0.15) is 12.0 Å². The molecule has 7 nitrogen and oxygen atoms in total. The first-order valence-corrected chi connectivity index (χ1v) is 9.58. The number of ether oxygens (including phenoxy) is 1. The lowest BCUT2D eigenvalue weighted by Crippen LogP contribution is -2.45. The van der Waals surface area contributed by atoms with Crippen LogP contribution in [-0.2, 0) is 26.0 Å². The highest BCUT2D eigenvalue weighted by atomic mass is 32.2. The molecule has 0 spiro atoms. The molecule has 2 heterocycles. The standard InChI is InChI=1S/C16H16F3NO6S/c17-16(18,19)15-6-11(13(21)22)27(24,25)12(15)7-20(9-15)14(23)26-8-10-4-2-1-3-5-10/h1-5,11-12H,6-9H2,(H,21,22)/t11?,12-,15-/m0/s1. The van der Waals surface area contributed by atoms with Crippen molar-refractivity contribution < 1.29 is 41.0 Å². The number of amides is 1. The van der Waals surface area contributed by atoms with E-state index in [2.05, 4.69) is 0 Å². The highest BCUT2D eigenvalue weighted by Gasteiger charge is 2.74. The Balaban J connectivity index is 1.82. The van der Waals surface area contributed by atoms with E-state index in [1.807, 2.05) is 0 Å². The third-order valence-corrected chi connectivity index (χ3v) is 7.68. The van der Waals surface area contributed by atoms with E-state index in [-0.39, 0.29) is 6.61 Å². The van der Waals surface area contributed by atoms with Crippen LogP contribution in [0.2, 0.25) is 0 Å². The van der Waals surface area contributed by atoms with Crippen molar-refractivity contribution in [2.75, 3.05) is 13.1 Å². The molecule has 1 unspecified atom stereocenters. The van der Waals surface area contributed by atoms with Gasteiger partial charge in [-0.15, -0.1) is 0 Å². The number of alkyl halides is 3. The van der Waals surface area contributed by atoms with Gasteiger partial charge in [-0.1, -0.05) is 30.3 Å². The van der Waals surface area contributed by atoms with Crippen LogP contribution < -0.4 is 0 Å². The Morgan fingerprint density at radius 2 is 1.89 bits per heavy atom. The van der Waals surface area contributed by atoms with Crippen molar-refractivity contribution in [1.29, 1.82) is 0 Å². The minimum absolute atomic E-state index is 0.176. The second-order valence-electron chi connectivity index (χ2n) is 6.68. The molecule has 2 fully saturated rings. The number of carboxylic acid groups (broad SMARTS) is 1. The van der Waals surface area contributed by atoms with Crippen molar-refractivity contribution in [3.8, 4) is 0 Å². The van der Waals surface area contributed by atoms with Crippen molar-refractivity contribution >= 4 is 21.9 Å². The Kier molecular flexibility index (Phi) is 4.61. The van der Waals surface area contributed by atoms with Crippen LogP contribution in [0.15, 0.2) is 30.3 Å². The molecule has 1 N–H and O–H groups in total. The number of halogens is 3. The molecule has 1 aromatic carbocycles. The van der Waals surface area contributed by atoms with Crippen molar-refractivity contribution in [2.45, 2.75) is 29.7 Å². The molecule has 11 heteroatoms. The maximum Gasteiger partial charge on any atom is 0.410 e. The molecule has 2 aliphatic rings. The zero-order valence-electron chi connectivity index (χ0n) is 13.8. The Hall–Kier alpha value is -2.30. The summed E-state index contributed by atoms with van der Waals surface area (Å²) in [5.74, 6) is -1.81. The monoisotopic (exact) mass is 407 g/mol. The fourth-order valence-electron chi connectivity index (χ4n) is 3.71. The number of carbonyl (C=O) groups is 2. The predicted octanol–water partition coefficient (Wildman–Crippen LogP) is 1.83. The number of carboxylic acids is 1. The van der Waals surface area contributed by atoms with Crippen LogP contribution in [0.3, 0.4) is 0 Å². The molecular formula is C16H16F3NO6S. The first kappa shape index (κ1) is 19.5. The highest BCUT2D eigenvalue weighted by molar-refractivity contribution is 7.93. The molecule has 3 atom stereocenters. The number of nitrogens with zero attached hydrogens (tertiary/aromatic N) is 1. The molecule has 2 aliphatic heterocycles. The van der Waals surface area contributed by atoms with E-state index in [4.69, 9.17) is 9.84 Å². The fourth-order valence-corrected chi connectivity index (χ4v) is 6.24. The largest absolute Gasteiger partial charge is 0.480 e. The van der Waals surface area contributed by atoms with Crippen LogP contribution in [0.4, 0.5) is 18.0 Å². The molecule has 0 radical (unpaired) electrons. The van der Waals surface area contributed by atoms with E-state index in [1.165, 1.54) is 0 Å². The molecule has 27 heavy (non-hydrogen) atoms. The van der Waals surface area contributed by atoms with Gasteiger partial charge >= 0.3 is 18.2 Å². The second-order valence-corrected chi connectivity index (χ2v) is 9.00. The van der Waals surface area contributed by atoms with Crippen LogP contribution in [0.1, 0.15) is 12.0 Å². The third kappa shape index (κ3) is 3.13. The summed E-state index contributed by atoms with van der Waals surface area (Å²) in [6.45, 7) is -1.87. The molecule has 148 valence electrons. The first-order valence-electron chi connectivity index (χ1n) is 7.97. The van der Waals surface area contributed by atoms with Gasteiger partial charge in [-0.05, 0) is 12.0 Å². The molecule has 0 bridgehead atoms. The first-order chi connectivity index (χ1) is 12.5. The Morgan fingerprint density at radius 3 is 2.41 bits per heavy atom. The van der Waals surface area contributed by atoms with E-state index in [1.54, 1.807) is 30.3 Å². The molecular weight excluding hydrogens is 391 g/mol. The highest BCUT2D eigenvalue weighted by Crippen LogP contribution is 2.57. The minimum Gasteiger partial charge on any atom is -0.480 e. The summed E-state index contributed by atoms with van der Waals surface area (Å²) in [4.78, 5) is 24.0. The van der Waals surface area contributed by atoms with E-state index in [0.29, 0.717) is 10.5 Å². The smallest absolute Gasteiger partial charge is 0.410 e. The average Bonchev–Trinajstić information content (AvgIpc) is 3.09. The summed E-state index contributed by atoms with van der Waals surface area (Å²) >= 11 is 0. The van der Waals surface area contributed by atoms with E-state index in [0.717, 1.165) is 0 Å². The lowest BCUT2D eigenvalue weighted by molar-refractivity contribution is -0.217. The van der Waals surface area contributed by atoms with Gasteiger partial charge in [0.2, 0.25) is 0 Å². The lowest BCUT2D eigenvalue weighted by Gasteiger charge is -2.29. The van der Waals surface area contributed by atoms with Gasteiger partial charge in [-0.3, -0.25) is 4.79 Å². The van der Waals surface area contributed by atoms with Crippen molar-refractivity contribution in [3.05, 3.63) is 35.9 Å². The van der Waals surface area contributed by atoms with Gasteiger partial charge in [-0.2, -0.15) is 13.2 Å². The van der Waals surface area contributed by atoms with Crippen LogP contribution in [0, 0.1) is 5.41 Å². The van der Waals surface area contributed by atoms with Crippen molar-refractivity contribution in [2.24, 2.45) is 5.41 Å². The van der Waals surface area contributed by atoms with Gasteiger partial charge in [0, 0.05) is 13.1 Å². The number of sulfone groups is 1. The molecule has 0 saturated carbocycles. The zero-order valence-corrected chi connectivity index (χ0v) is 14.7. The minimum atomic E-state index is -4.98. The SMILES string of the molecule is O=C(O)C1C[C@]2(C(F)(F)F)CN(C(=O)OCc3ccccc3)C[C@@H]2S1(=O)=O. The van der Waals surface area contributed by atoms with Gasteiger partial charge < -0.3 is 14.7 Å². The van der Waals surface area contributed by atoms with Crippen molar-refractivity contribution in [3.63, 3.8) is 0 Å². The number of hydrogen-bond donors (Lipinski definition) is 1. The van der Waals surface area contributed by atoms with Gasteiger partial charge in [-0.25, -0.2) is 13.2 Å². The van der Waals surface area contributed by atoms with Crippen LogP contribution in [0.25, 0.3) is 0 Å². The van der Waals surface area contributed by atoms with Crippen LogP contribution in [-0.4, -0.2) is 60.3 Å². The molecule has 0 aromatic heterocycles. The summed E-state index contributed by atoms with van der Waals surface area (Å²) in [5.41, 5.74) is -2.19. The molecule has 2 saturated heterocycles. The topological polar surface area (TPSA) is 101 Å². The molecule has 1 amide bonds. The Labute approximate surface area is 152 Å². The van der Waals surface area contributed by atoms with Gasteiger partial charge in [0.25, 0.3) is 0 Å². The number of rotatable bonds is 3. The van der Waals surface area contributed by atoms with E-state index in [9.17, 15) is 31.2 Å². The summed E-state index contributed by atoms with van der Waals surface area (Å²) in [5, 5.41) is 4.87. The zero-order chi connectivity index (χ0) is 20.0. The van der Waals surface area contributed by atoms with Crippen LogP contribution in [0.5, 0.6) is 0 Å².